The maximum absolute atomic E-state index is 12.1. The predicted molar refractivity (Wildman–Crippen MR) is 70.9 cm³/mol. The number of aliphatic hydroxyl groups excluding tert-OH is 1. The Balaban J connectivity index is 2.16. The summed E-state index contributed by atoms with van der Waals surface area (Å²) in [5.74, 6) is -1.75. The molecule has 2 rings (SSSR count). The number of aromatic hydroxyl groups is 1. The Bertz CT molecular complexity index is 531. The highest BCUT2D eigenvalue weighted by molar-refractivity contribution is 5.97. The second kappa shape index (κ2) is 5.79. The average molecular weight is 280 g/mol. The Kier molecular flexibility index (Phi) is 4.09. The van der Waals surface area contributed by atoms with E-state index in [2.05, 4.69) is 5.32 Å². The van der Waals surface area contributed by atoms with Crippen molar-refractivity contribution in [1.29, 1.82) is 0 Å². The molecule has 0 saturated carbocycles. The fraction of sp³-hybridized carbons (Fsp3) is 0.385. The van der Waals surface area contributed by atoms with Crippen LogP contribution in [-0.2, 0) is 0 Å². The van der Waals surface area contributed by atoms with E-state index in [1.807, 2.05) is 0 Å². The number of carbonyl (C=O) groups is 2. The number of rotatable bonds is 3. The van der Waals surface area contributed by atoms with Crippen molar-refractivity contribution in [3.63, 3.8) is 0 Å². The smallest absolute Gasteiger partial charge is 0.339 e. The second-order valence-corrected chi connectivity index (χ2v) is 4.61. The van der Waals surface area contributed by atoms with Crippen LogP contribution in [0.15, 0.2) is 18.2 Å². The Morgan fingerprint density at radius 1 is 1.40 bits per heavy atom. The molecule has 1 unspecified atom stereocenters. The van der Waals surface area contributed by atoms with Crippen LogP contribution in [0.3, 0.4) is 0 Å². The highest BCUT2D eigenvalue weighted by Gasteiger charge is 2.28. The van der Waals surface area contributed by atoms with Gasteiger partial charge in [0.2, 0.25) is 0 Å². The second-order valence-electron chi connectivity index (χ2n) is 4.61. The Labute approximate surface area is 115 Å². The number of carboxylic acids is 1. The highest BCUT2D eigenvalue weighted by Crippen LogP contribution is 2.28. The monoisotopic (exact) mass is 280 g/mol. The van der Waals surface area contributed by atoms with Crippen molar-refractivity contribution in [3.05, 3.63) is 23.8 Å². The number of nitrogens with one attached hydrogen (secondary N) is 1. The quantitative estimate of drug-likeness (QED) is 0.619. The van der Waals surface area contributed by atoms with Crippen LogP contribution < -0.4 is 5.32 Å². The predicted octanol–water partition coefficient (Wildman–Crippen LogP) is 1.08. The first-order valence-corrected chi connectivity index (χ1v) is 6.28. The zero-order chi connectivity index (χ0) is 14.7. The molecule has 1 heterocycles. The van der Waals surface area contributed by atoms with E-state index in [0.29, 0.717) is 6.54 Å². The number of hydrogen-bond acceptors (Lipinski definition) is 4. The fourth-order valence-corrected chi connectivity index (χ4v) is 2.30. The third kappa shape index (κ3) is 2.67. The van der Waals surface area contributed by atoms with E-state index in [9.17, 15) is 19.8 Å². The van der Waals surface area contributed by atoms with Gasteiger partial charge in [-0.25, -0.2) is 9.59 Å². The van der Waals surface area contributed by atoms with Crippen molar-refractivity contribution >= 4 is 17.7 Å². The molecule has 7 nitrogen and oxygen atoms in total. The van der Waals surface area contributed by atoms with Crippen LogP contribution >= 0.6 is 0 Å². The lowest BCUT2D eigenvalue weighted by molar-refractivity contribution is 0.0693. The number of carbonyl (C=O) groups excluding carboxylic acids is 1. The lowest BCUT2D eigenvalue weighted by Crippen LogP contribution is -2.40. The average Bonchev–Trinajstić information content (AvgIpc) is 2.89. The topological polar surface area (TPSA) is 110 Å². The molecular formula is C13H16N2O5. The van der Waals surface area contributed by atoms with Crippen molar-refractivity contribution in [2.45, 2.75) is 18.9 Å². The van der Waals surface area contributed by atoms with E-state index in [-0.39, 0.29) is 23.9 Å². The molecule has 1 aliphatic heterocycles. The number of aromatic carboxylic acids is 1. The van der Waals surface area contributed by atoms with Crippen LogP contribution in [0.1, 0.15) is 23.2 Å². The molecule has 2 amide bonds. The van der Waals surface area contributed by atoms with Gasteiger partial charge in [-0.3, -0.25) is 0 Å². The van der Waals surface area contributed by atoms with Gasteiger partial charge >= 0.3 is 12.0 Å². The maximum atomic E-state index is 12.1. The number of likely N-dealkylation sites (tertiary alicyclic amines) is 1. The first kappa shape index (κ1) is 14.1. The summed E-state index contributed by atoms with van der Waals surface area (Å²) in [6, 6.07) is 3.41. The molecule has 1 saturated heterocycles. The first-order valence-electron chi connectivity index (χ1n) is 6.28. The van der Waals surface area contributed by atoms with Gasteiger partial charge in [-0.1, -0.05) is 6.07 Å². The molecule has 1 aliphatic rings. The molecule has 1 aromatic rings. The minimum atomic E-state index is -1.27. The van der Waals surface area contributed by atoms with E-state index >= 15 is 0 Å². The van der Waals surface area contributed by atoms with E-state index in [0.717, 1.165) is 12.8 Å². The number of nitrogens with zero attached hydrogens (tertiary/aromatic N) is 1. The van der Waals surface area contributed by atoms with Gasteiger partial charge in [0.05, 0.1) is 18.3 Å². The summed E-state index contributed by atoms with van der Waals surface area (Å²) in [4.78, 5) is 24.4. The largest absolute Gasteiger partial charge is 0.505 e. The molecule has 0 spiro atoms. The fourth-order valence-electron chi connectivity index (χ4n) is 2.30. The minimum absolute atomic E-state index is 0.0403. The molecule has 4 N–H and O–H groups in total. The van der Waals surface area contributed by atoms with Crippen LogP contribution in [0.4, 0.5) is 10.5 Å². The molecule has 1 aromatic carbocycles. The number of benzene rings is 1. The molecule has 108 valence electrons. The van der Waals surface area contributed by atoms with Crippen molar-refractivity contribution in [1.82, 2.24) is 4.90 Å². The summed E-state index contributed by atoms with van der Waals surface area (Å²) >= 11 is 0. The Hall–Kier alpha value is -2.28. The Morgan fingerprint density at radius 2 is 2.15 bits per heavy atom. The lowest BCUT2D eigenvalue weighted by Gasteiger charge is -2.23. The van der Waals surface area contributed by atoms with Crippen LogP contribution in [0.2, 0.25) is 0 Å². The first-order chi connectivity index (χ1) is 9.54. The SMILES string of the molecule is O=C(O)c1cccc(NC(=O)N2CCCC2CO)c1O. The number of anilines is 1. The maximum Gasteiger partial charge on any atom is 0.339 e. The molecule has 0 bridgehead atoms. The van der Waals surface area contributed by atoms with Gasteiger partial charge in [-0.15, -0.1) is 0 Å². The van der Waals surface area contributed by atoms with Gasteiger partial charge < -0.3 is 25.5 Å². The molecule has 1 fully saturated rings. The van der Waals surface area contributed by atoms with Gasteiger partial charge in [0, 0.05) is 6.54 Å². The van der Waals surface area contributed by atoms with Gasteiger partial charge in [0.25, 0.3) is 0 Å². The van der Waals surface area contributed by atoms with E-state index < -0.39 is 17.7 Å². The van der Waals surface area contributed by atoms with Gasteiger partial charge in [0.15, 0.2) is 5.75 Å². The van der Waals surface area contributed by atoms with Gasteiger partial charge in [0.1, 0.15) is 5.56 Å². The molecule has 20 heavy (non-hydrogen) atoms. The lowest BCUT2D eigenvalue weighted by atomic mass is 10.1. The van der Waals surface area contributed by atoms with E-state index in [1.165, 1.54) is 23.1 Å². The summed E-state index contributed by atoms with van der Waals surface area (Å²) in [6.45, 7) is 0.408. The molecule has 1 atom stereocenters. The normalized spacial score (nSPS) is 18.1. The molecule has 7 heteroatoms. The summed E-state index contributed by atoms with van der Waals surface area (Å²) in [7, 11) is 0. The third-order valence-corrected chi connectivity index (χ3v) is 3.36. The Morgan fingerprint density at radius 3 is 2.80 bits per heavy atom. The standard InChI is InChI=1S/C13H16N2O5/c16-7-8-3-2-6-15(8)13(20)14-10-5-1-4-9(11(10)17)12(18)19/h1,4-5,8,16-17H,2-3,6-7H2,(H,14,20)(H,18,19). The van der Waals surface area contributed by atoms with E-state index in [1.54, 1.807) is 0 Å². The number of para-hydroxylation sites is 1. The highest BCUT2D eigenvalue weighted by atomic mass is 16.4. The van der Waals surface area contributed by atoms with Crippen LogP contribution in [0.5, 0.6) is 5.75 Å². The minimum Gasteiger partial charge on any atom is -0.505 e. The number of hydrogen-bond donors (Lipinski definition) is 4. The van der Waals surface area contributed by atoms with Crippen LogP contribution in [0.25, 0.3) is 0 Å². The van der Waals surface area contributed by atoms with Crippen molar-refractivity contribution in [2.75, 3.05) is 18.5 Å². The van der Waals surface area contributed by atoms with Gasteiger partial charge in [-0.2, -0.15) is 0 Å². The summed E-state index contributed by atoms with van der Waals surface area (Å²) in [5.41, 5.74) is -0.235. The summed E-state index contributed by atoms with van der Waals surface area (Å²) < 4.78 is 0. The van der Waals surface area contributed by atoms with Crippen molar-refractivity contribution in [2.24, 2.45) is 0 Å². The number of urea groups is 1. The van der Waals surface area contributed by atoms with Crippen LogP contribution in [-0.4, -0.2) is 51.4 Å². The molecule has 0 aliphatic carbocycles. The van der Waals surface area contributed by atoms with Crippen molar-refractivity contribution in [3.8, 4) is 5.75 Å². The number of phenols is 1. The van der Waals surface area contributed by atoms with Crippen molar-refractivity contribution < 1.29 is 24.9 Å². The molecular weight excluding hydrogens is 264 g/mol. The summed E-state index contributed by atoms with van der Waals surface area (Å²) in [6.07, 6.45) is 1.53. The molecule has 0 aromatic heterocycles. The number of amides is 2. The number of carboxylic acid groups (broad SMARTS) is 1. The molecule has 0 radical (unpaired) electrons. The number of aliphatic hydroxyl groups is 1. The zero-order valence-electron chi connectivity index (χ0n) is 10.7. The van der Waals surface area contributed by atoms with Gasteiger partial charge in [-0.05, 0) is 25.0 Å². The zero-order valence-corrected chi connectivity index (χ0v) is 10.7. The summed E-state index contributed by atoms with van der Waals surface area (Å²) in [5, 5.41) is 30.4. The third-order valence-electron chi connectivity index (χ3n) is 3.36. The van der Waals surface area contributed by atoms with E-state index in [4.69, 9.17) is 5.11 Å². The van der Waals surface area contributed by atoms with Crippen LogP contribution in [0, 0.1) is 0 Å².